The highest BCUT2D eigenvalue weighted by molar-refractivity contribution is 5.89. The molecule has 18 heavy (non-hydrogen) atoms. The summed E-state index contributed by atoms with van der Waals surface area (Å²) in [5.74, 6) is -0.0766. The second-order valence-electron chi connectivity index (χ2n) is 5.45. The second kappa shape index (κ2) is 5.69. The van der Waals surface area contributed by atoms with Crippen molar-refractivity contribution in [2.45, 2.75) is 51.1 Å². The number of rotatable bonds is 6. The third kappa shape index (κ3) is 3.22. The first-order valence-corrected chi connectivity index (χ1v) is 6.82. The molecule has 2 amide bonds. The molecule has 2 fully saturated rings. The summed E-state index contributed by atoms with van der Waals surface area (Å²) in [4.78, 5) is 25.6. The zero-order valence-electron chi connectivity index (χ0n) is 10.9. The van der Waals surface area contributed by atoms with Crippen LogP contribution in [0.5, 0.6) is 0 Å². The summed E-state index contributed by atoms with van der Waals surface area (Å²) in [6.45, 7) is 2.67. The topological polar surface area (TPSA) is 69.6 Å². The molecule has 0 bridgehead atoms. The monoisotopic (exact) mass is 254 g/mol. The van der Waals surface area contributed by atoms with Crippen molar-refractivity contribution in [2.24, 2.45) is 5.92 Å². The van der Waals surface area contributed by atoms with E-state index in [2.05, 4.69) is 5.32 Å². The predicted octanol–water partition coefficient (Wildman–Crippen LogP) is 0.274. The zero-order chi connectivity index (χ0) is 13.1. The molecule has 1 aliphatic heterocycles. The van der Waals surface area contributed by atoms with Gasteiger partial charge in [-0.05, 0) is 32.6 Å². The van der Waals surface area contributed by atoms with Crippen LogP contribution in [0.15, 0.2) is 0 Å². The maximum atomic E-state index is 12.0. The Balaban J connectivity index is 1.77. The molecule has 2 atom stereocenters. The molecule has 2 rings (SSSR count). The van der Waals surface area contributed by atoms with Crippen LogP contribution in [0.25, 0.3) is 0 Å². The Morgan fingerprint density at radius 2 is 2.28 bits per heavy atom. The molecule has 5 nitrogen and oxygen atoms in total. The SMILES string of the molecule is CC(CCCO)NC(=O)C1CC(=O)N(C2CC2)C1. The predicted molar refractivity (Wildman–Crippen MR) is 66.8 cm³/mol. The van der Waals surface area contributed by atoms with E-state index in [0.29, 0.717) is 25.4 Å². The van der Waals surface area contributed by atoms with Crippen molar-refractivity contribution in [1.82, 2.24) is 10.2 Å². The van der Waals surface area contributed by atoms with Gasteiger partial charge in [0, 0.05) is 31.7 Å². The minimum Gasteiger partial charge on any atom is -0.396 e. The van der Waals surface area contributed by atoms with E-state index in [1.165, 1.54) is 0 Å². The summed E-state index contributed by atoms with van der Waals surface area (Å²) in [6, 6.07) is 0.469. The summed E-state index contributed by atoms with van der Waals surface area (Å²) in [6.07, 6.45) is 4.00. The Labute approximate surface area is 108 Å². The van der Waals surface area contributed by atoms with E-state index in [0.717, 1.165) is 19.3 Å². The highest BCUT2D eigenvalue weighted by atomic mass is 16.3. The Bertz CT molecular complexity index is 328. The van der Waals surface area contributed by atoms with Crippen LogP contribution in [0.2, 0.25) is 0 Å². The number of carbonyl (C=O) groups is 2. The largest absolute Gasteiger partial charge is 0.396 e. The van der Waals surface area contributed by atoms with Crippen molar-refractivity contribution in [3.8, 4) is 0 Å². The van der Waals surface area contributed by atoms with Gasteiger partial charge in [0.1, 0.15) is 0 Å². The molecule has 0 radical (unpaired) electrons. The number of hydrogen-bond donors (Lipinski definition) is 2. The molecule has 1 heterocycles. The molecule has 1 aliphatic carbocycles. The molecule has 5 heteroatoms. The number of nitrogens with zero attached hydrogens (tertiary/aromatic N) is 1. The van der Waals surface area contributed by atoms with Crippen molar-refractivity contribution in [3.05, 3.63) is 0 Å². The summed E-state index contributed by atoms with van der Waals surface area (Å²) in [7, 11) is 0. The van der Waals surface area contributed by atoms with Gasteiger partial charge in [-0.2, -0.15) is 0 Å². The van der Waals surface area contributed by atoms with Gasteiger partial charge >= 0.3 is 0 Å². The summed E-state index contributed by atoms with van der Waals surface area (Å²) >= 11 is 0. The summed E-state index contributed by atoms with van der Waals surface area (Å²) < 4.78 is 0. The minimum absolute atomic E-state index is 0.0167. The summed E-state index contributed by atoms with van der Waals surface area (Å²) in [5, 5.41) is 11.7. The van der Waals surface area contributed by atoms with Gasteiger partial charge in [0.05, 0.1) is 5.92 Å². The van der Waals surface area contributed by atoms with Crippen molar-refractivity contribution in [3.63, 3.8) is 0 Å². The number of hydrogen-bond acceptors (Lipinski definition) is 3. The number of likely N-dealkylation sites (tertiary alicyclic amines) is 1. The van der Waals surface area contributed by atoms with Crippen LogP contribution >= 0.6 is 0 Å². The molecule has 0 aromatic heterocycles. The first-order chi connectivity index (χ1) is 8.61. The van der Waals surface area contributed by atoms with Crippen molar-refractivity contribution in [2.75, 3.05) is 13.2 Å². The van der Waals surface area contributed by atoms with Crippen LogP contribution < -0.4 is 5.32 Å². The van der Waals surface area contributed by atoms with Crippen LogP contribution in [-0.2, 0) is 9.59 Å². The molecule has 0 aromatic rings. The molecule has 1 saturated heterocycles. The van der Waals surface area contributed by atoms with E-state index in [9.17, 15) is 9.59 Å². The van der Waals surface area contributed by atoms with Gasteiger partial charge < -0.3 is 15.3 Å². The van der Waals surface area contributed by atoms with Crippen molar-refractivity contribution >= 4 is 11.8 Å². The standard InChI is InChI=1S/C13H22N2O3/c1-9(3-2-6-16)14-13(18)10-7-12(17)15(8-10)11-4-5-11/h9-11,16H,2-8H2,1H3,(H,14,18). The van der Waals surface area contributed by atoms with Gasteiger partial charge in [0.2, 0.25) is 11.8 Å². The molecule has 2 unspecified atom stereocenters. The third-order valence-electron chi connectivity index (χ3n) is 3.70. The Hall–Kier alpha value is -1.10. The van der Waals surface area contributed by atoms with Gasteiger partial charge in [-0.3, -0.25) is 9.59 Å². The molecular formula is C13H22N2O3. The molecule has 1 saturated carbocycles. The summed E-state index contributed by atoms with van der Waals surface area (Å²) in [5.41, 5.74) is 0. The Morgan fingerprint density at radius 1 is 1.56 bits per heavy atom. The first kappa shape index (κ1) is 13.3. The van der Waals surface area contributed by atoms with Crippen LogP contribution in [0, 0.1) is 5.92 Å². The van der Waals surface area contributed by atoms with Gasteiger partial charge in [-0.15, -0.1) is 0 Å². The third-order valence-corrected chi connectivity index (χ3v) is 3.70. The maximum absolute atomic E-state index is 12.0. The van der Waals surface area contributed by atoms with Crippen molar-refractivity contribution < 1.29 is 14.7 Å². The van der Waals surface area contributed by atoms with E-state index in [-0.39, 0.29) is 30.4 Å². The molecule has 0 aromatic carbocycles. The van der Waals surface area contributed by atoms with Gasteiger partial charge in [-0.1, -0.05) is 0 Å². The Morgan fingerprint density at radius 3 is 2.89 bits per heavy atom. The maximum Gasteiger partial charge on any atom is 0.225 e. The van der Waals surface area contributed by atoms with E-state index < -0.39 is 0 Å². The lowest BCUT2D eigenvalue weighted by Crippen LogP contribution is -2.38. The van der Waals surface area contributed by atoms with E-state index >= 15 is 0 Å². The van der Waals surface area contributed by atoms with Crippen LogP contribution in [-0.4, -0.2) is 47.1 Å². The highest BCUT2D eigenvalue weighted by Crippen LogP contribution is 2.32. The normalized spacial score (nSPS) is 25.3. The quantitative estimate of drug-likeness (QED) is 0.715. The average molecular weight is 254 g/mol. The smallest absolute Gasteiger partial charge is 0.225 e. The number of aliphatic hydroxyl groups excluding tert-OH is 1. The number of aliphatic hydroxyl groups is 1. The minimum atomic E-state index is -0.185. The number of amides is 2. The first-order valence-electron chi connectivity index (χ1n) is 6.82. The fourth-order valence-corrected chi connectivity index (χ4v) is 2.48. The van der Waals surface area contributed by atoms with Gasteiger partial charge in [-0.25, -0.2) is 0 Å². The number of carbonyl (C=O) groups excluding carboxylic acids is 2. The van der Waals surface area contributed by atoms with E-state index in [1.54, 1.807) is 0 Å². The van der Waals surface area contributed by atoms with Gasteiger partial charge in [0.15, 0.2) is 0 Å². The molecule has 2 aliphatic rings. The molecular weight excluding hydrogens is 232 g/mol. The van der Waals surface area contributed by atoms with Crippen molar-refractivity contribution in [1.29, 1.82) is 0 Å². The lowest BCUT2D eigenvalue weighted by Gasteiger charge is -2.17. The van der Waals surface area contributed by atoms with Crippen LogP contribution in [0.4, 0.5) is 0 Å². The van der Waals surface area contributed by atoms with E-state index in [4.69, 9.17) is 5.11 Å². The Kier molecular flexibility index (Phi) is 4.22. The molecule has 102 valence electrons. The average Bonchev–Trinajstić information content (AvgIpc) is 3.10. The van der Waals surface area contributed by atoms with E-state index in [1.807, 2.05) is 11.8 Å². The van der Waals surface area contributed by atoms with Gasteiger partial charge in [0.25, 0.3) is 0 Å². The highest BCUT2D eigenvalue weighted by Gasteiger charge is 2.41. The second-order valence-corrected chi connectivity index (χ2v) is 5.45. The van der Waals surface area contributed by atoms with Crippen LogP contribution in [0.3, 0.4) is 0 Å². The fraction of sp³-hybridized carbons (Fsp3) is 0.846. The molecule has 0 spiro atoms. The lowest BCUT2D eigenvalue weighted by molar-refractivity contribution is -0.129. The number of nitrogens with one attached hydrogen (secondary N) is 1. The fourth-order valence-electron chi connectivity index (χ4n) is 2.48. The zero-order valence-corrected chi connectivity index (χ0v) is 10.9. The molecule has 2 N–H and O–H groups in total. The van der Waals surface area contributed by atoms with Crippen LogP contribution in [0.1, 0.15) is 39.0 Å². The lowest BCUT2D eigenvalue weighted by atomic mass is 10.1.